The van der Waals surface area contributed by atoms with Crippen LogP contribution in [0.2, 0.25) is 0 Å². The van der Waals surface area contributed by atoms with Gasteiger partial charge in [0.1, 0.15) is 12.6 Å². The van der Waals surface area contributed by atoms with Gasteiger partial charge < -0.3 is 10.2 Å². The Kier molecular flexibility index (Phi) is 8.83. The molecule has 174 valence electrons. The van der Waals surface area contributed by atoms with E-state index < -0.39 is 28.5 Å². The fraction of sp³-hybridized carbons (Fsp3) is 0.417. The maximum absolute atomic E-state index is 13.4. The van der Waals surface area contributed by atoms with Crippen LogP contribution < -0.4 is 9.62 Å². The molecule has 0 saturated carbocycles. The van der Waals surface area contributed by atoms with Crippen LogP contribution in [-0.4, -0.2) is 50.0 Å². The molecule has 1 N–H and O–H groups in total. The van der Waals surface area contributed by atoms with Gasteiger partial charge in [-0.25, -0.2) is 8.42 Å². The van der Waals surface area contributed by atoms with Gasteiger partial charge in [-0.2, -0.15) is 0 Å². The van der Waals surface area contributed by atoms with Crippen molar-refractivity contribution in [3.63, 3.8) is 0 Å². The second-order valence-electron chi connectivity index (χ2n) is 8.06. The lowest BCUT2D eigenvalue weighted by Gasteiger charge is -2.32. The fourth-order valence-electron chi connectivity index (χ4n) is 3.27. The predicted molar refractivity (Wildman–Crippen MR) is 128 cm³/mol. The lowest BCUT2D eigenvalue weighted by Crippen LogP contribution is -2.52. The van der Waals surface area contributed by atoms with Gasteiger partial charge in [-0.15, -0.1) is 0 Å². The third kappa shape index (κ3) is 6.82. The van der Waals surface area contributed by atoms with Crippen molar-refractivity contribution in [3.8, 4) is 0 Å². The summed E-state index contributed by atoms with van der Waals surface area (Å²) < 4.78 is 26.2. The smallest absolute Gasteiger partial charge is 0.244 e. The zero-order chi connectivity index (χ0) is 23.9. The van der Waals surface area contributed by atoms with Crippen molar-refractivity contribution in [1.29, 1.82) is 0 Å². The predicted octanol–water partition coefficient (Wildman–Crippen LogP) is 3.09. The summed E-state index contributed by atoms with van der Waals surface area (Å²) in [5.74, 6) is -0.722. The Morgan fingerprint density at radius 2 is 1.59 bits per heavy atom. The number of carbonyl (C=O) groups excluding carboxylic acids is 2. The highest BCUT2D eigenvalue weighted by Gasteiger charge is 2.30. The molecule has 0 saturated heterocycles. The van der Waals surface area contributed by atoms with Gasteiger partial charge in [0.15, 0.2) is 0 Å². The van der Waals surface area contributed by atoms with Gasteiger partial charge in [-0.3, -0.25) is 13.9 Å². The van der Waals surface area contributed by atoms with E-state index in [0.29, 0.717) is 5.69 Å². The molecule has 0 radical (unpaired) electrons. The Labute approximate surface area is 191 Å². The van der Waals surface area contributed by atoms with Crippen molar-refractivity contribution >= 4 is 27.5 Å². The van der Waals surface area contributed by atoms with Gasteiger partial charge in [0.25, 0.3) is 0 Å². The zero-order valence-electron chi connectivity index (χ0n) is 19.4. The molecule has 0 bridgehead atoms. The van der Waals surface area contributed by atoms with Crippen LogP contribution in [0.4, 0.5) is 5.69 Å². The van der Waals surface area contributed by atoms with Gasteiger partial charge in [0, 0.05) is 12.6 Å². The average Bonchev–Trinajstić information content (AvgIpc) is 2.75. The van der Waals surface area contributed by atoms with E-state index in [1.165, 1.54) is 4.90 Å². The number of nitrogens with one attached hydrogen (secondary N) is 1. The Balaban J connectivity index is 2.37. The number of nitrogens with zero attached hydrogens (tertiary/aromatic N) is 2. The molecule has 8 heteroatoms. The van der Waals surface area contributed by atoms with Crippen LogP contribution in [0, 0.1) is 6.92 Å². The molecule has 0 heterocycles. The fourth-order valence-corrected chi connectivity index (χ4v) is 4.17. The molecule has 0 aliphatic heterocycles. The van der Waals surface area contributed by atoms with E-state index in [0.717, 1.165) is 28.1 Å². The summed E-state index contributed by atoms with van der Waals surface area (Å²) >= 11 is 0. The first-order valence-corrected chi connectivity index (χ1v) is 12.6. The molecule has 2 aromatic rings. The minimum absolute atomic E-state index is 0.0295. The van der Waals surface area contributed by atoms with Crippen LogP contribution in [0.5, 0.6) is 0 Å². The first-order chi connectivity index (χ1) is 15.0. The molecule has 2 aromatic carbocycles. The molecule has 2 rings (SSSR count). The van der Waals surface area contributed by atoms with E-state index in [9.17, 15) is 18.0 Å². The summed E-state index contributed by atoms with van der Waals surface area (Å²) in [4.78, 5) is 27.7. The van der Waals surface area contributed by atoms with Crippen molar-refractivity contribution in [3.05, 3.63) is 65.7 Å². The number of aryl methyl sites for hydroxylation is 1. The third-order valence-electron chi connectivity index (χ3n) is 5.43. The summed E-state index contributed by atoms with van der Waals surface area (Å²) in [5, 5.41) is 2.91. The molecule has 0 spiro atoms. The van der Waals surface area contributed by atoms with Gasteiger partial charge >= 0.3 is 0 Å². The number of amides is 2. The van der Waals surface area contributed by atoms with Crippen molar-refractivity contribution in [1.82, 2.24) is 10.2 Å². The van der Waals surface area contributed by atoms with Crippen LogP contribution in [0.3, 0.4) is 0 Å². The Hall–Kier alpha value is -2.87. The Bertz CT molecular complexity index is 1020. The van der Waals surface area contributed by atoms with Crippen molar-refractivity contribution in [2.45, 2.75) is 52.7 Å². The minimum atomic E-state index is -3.73. The maximum Gasteiger partial charge on any atom is 0.244 e. The summed E-state index contributed by atoms with van der Waals surface area (Å²) in [6.45, 7) is 7.13. The number of carbonyl (C=O) groups is 2. The van der Waals surface area contributed by atoms with E-state index in [4.69, 9.17) is 0 Å². The second-order valence-corrected chi connectivity index (χ2v) is 9.96. The number of hydrogen-bond donors (Lipinski definition) is 1. The highest BCUT2D eigenvalue weighted by molar-refractivity contribution is 7.92. The molecule has 2 amide bonds. The number of anilines is 1. The summed E-state index contributed by atoms with van der Waals surface area (Å²) in [6.07, 6.45) is 1.84. The van der Waals surface area contributed by atoms with E-state index in [1.807, 2.05) is 50.2 Å². The largest absolute Gasteiger partial charge is 0.352 e. The monoisotopic (exact) mass is 459 g/mol. The highest BCUT2D eigenvalue weighted by Crippen LogP contribution is 2.22. The summed E-state index contributed by atoms with van der Waals surface area (Å²) in [6, 6.07) is 15.5. The topological polar surface area (TPSA) is 86.8 Å². The van der Waals surface area contributed by atoms with Gasteiger partial charge in [0.05, 0.1) is 11.9 Å². The zero-order valence-corrected chi connectivity index (χ0v) is 20.2. The molecule has 32 heavy (non-hydrogen) atoms. The van der Waals surface area contributed by atoms with E-state index in [1.54, 1.807) is 32.0 Å². The second kappa shape index (κ2) is 11.1. The molecule has 0 aliphatic rings. The van der Waals surface area contributed by atoms with Crippen molar-refractivity contribution in [2.24, 2.45) is 0 Å². The van der Waals surface area contributed by atoms with Crippen LogP contribution >= 0.6 is 0 Å². The quantitative estimate of drug-likeness (QED) is 0.592. The average molecular weight is 460 g/mol. The molecule has 0 fully saturated rings. The lowest BCUT2D eigenvalue weighted by atomic mass is 10.1. The number of para-hydroxylation sites is 1. The molecule has 2 atom stereocenters. The SMILES string of the molecule is CC[C@H](C)NC(=O)[C@@H](C)N(Cc1ccccc1)C(=O)CN(c1ccccc1C)S(C)(=O)=O. The molecule has 0 aromatic heterocycles. The van der Waals surface area contributed by atoms with E-state index in [2.05, 4.69) is 5.32 Å². The first-order valence-electron chi connectivity index (χ1n) is 10.7. The highest BCUT2D eigenvalue weighted by atomic mass is 32.2. The van der Waals surface area contributed by atoms with E-state index in [-0.39, 0.29) is 18.5 Å². The van der Waals surface area contributed by atoms with Crippen LogP contribution in [0.1, 0.15) is 38.3 Å². The van der Waals surface area contributed by atoms with E-state index >= 15 is 0 Å². The third-order valence-corrected chi connectivity index (χ3v) is 6.55. The van der Waals surface area contributed by atoms with Crippen LogP contribution in [-0.2, 0) is 26.2 Å². The Morgan fingerprint density at radius 1 is 1.00 bits per heavy atom. The number of hydrogen-bond acceptors (Lipinski definition) is 4. The molecule has 0 aliphatic carbocycles. The molecule has 7 nitrogen and oxygen atoms in total. The van der Waals surface area contributed by atoms with Gasteiger partial charge in [0.2, 0.25) is 21.8 Å². The Morgan fingerprint density at radius 3 is 2.16 bits per heavy atom. The summed E-state index contributed by atoms with van der Waals surface area (Å²) in [7, 11) is -3.73. The van der Waals surface area contributed by atoms with Crippen molar-refractivity contribution in [2.75, 3.05) is 17.1 Å². The first kappa shape index (κ1) is 25.4. The normalized spacial score (nSPS) is 13.2. The van der Waals surface area contributed by atoms with Crippen LogP contribution in [0.25, 0.3) is 0 Å². The molecular formula is C24H33N3O4S. The van der Waals surface area contributed by atoms with Gasteiger partial charge in [-0.1, -0.05) is 55.5 Å². The standard InChI is InChI=1S/C24H33N3O4S/c1-6-19(3)25-24(29)20(4)26(16-21-13-8-7-9-14-21)23(28)17-27(32(5,30)31)22-15-11-10-12-18(22)2/h7-15,19-20H,6,16-17H2,1-5H3,(H,25,29)/t19-,20+/m0/s1. The maximum atomic E-state index is 13.4. The lowest BCUT2D eigenvalue weighted by molar-refractivity contribution is -0.139. The number of rotatable bonds is 10. The minimum Gasteiger partial charge on any atom is -0.352 e. The number of sulfonamides is 1. The molecular weight excluding hydrogens is 426 g/mol. The summed E-state index contributed by atoms with van der Waals surface area (Å²) in [5.41, 5.74) is 2.04. The molecule has 0 unspecified atom stereocenters. The number of benzene rings is 2. The van der Waals surface area contributed by atoms with Crippen molar-refractivity contribution < 1.29 is 18.0 Å². The van der Waals surface area contributed by atoms with Gasteiger partial charge in [-0.05, 0) is 44.4 Å². The van der Waals surface area contributed by atoms with Crippen LogP contribution in [0.15, 0.2) is 54.6 Å².